The van der Waals surface area contributed by atoms with Crippen LogP contribution in [0.4, 0.5) is 10.1 Å². The SMILES string of the molecule is O=C(NCCN1CCCC1)c1cn2c3c(c(NCCN4CCCC4)c(F)cc3c1=O)Oc1cc3c(cc1-2)oc1ccccc13. The number of hydrogen-bond acceptors (Lipinski definition) is 7. The second-order valence-corrected chi connectivity index (χ2v) is 12.0. The quantitative estimate of drug-likeness (QED) is 0.241. The Morgan fingerprint density at radius 2 is 1.59 bits per heavy atom. The standard InChI is InChI=1S/C34H34FN5O4/c35-25-17-23-31-33(30(25)36-9-15-38-11-3-4-12-38)44-29-18-22-21-7-1-2-8-27(21)43-28(22)19-26(29)40(31)20-24(32(23)41)34(42)37-10-16-39-13-5-6-14-39/h1-2,7-8,17-20,36H,3-6,9-16H2,(H,37,42). The number of benzene rings is 3. The number of likely N-dealkylation sites (tertiary alicyclic amines) is 2. The average Bonchev–Trinajstić information content (AvgIpc) is 3.81. The summed E-state index contributed by atoms with van der Waals surface area (Å²) >= 11 is 0. The molecule has 0 bridgehead atoms. The monoisotopic (exact) mass is 595 g/mol. The molecular weight excluding hydrogens is 561 g/mol. The first-order valence-electron chi connectivity index (χ1n) is 15.6. The van der Waals surface area contributed by atoms with Crippen molar-refractivity contribution in [3.63, 3.8) is 0 Å². The predicted octanol–water partition coefficient (Wildman–Crippen LogP) is 5.47. The highest BCUT2D eigenvalue weighted by molar-refractivity contribution is 6.07. The van der Waals surface area contributed by atoms with Gasteiger partial charge in [-0.15, -0.1) is 0 Å². The van der Waals surface area contributed by atoms with Crippen molar-refractivity contribution in [1.82, 2.24) is 19.7 Å². The van der Waals surface area contributed by atoms with Crippen molar-refractivity contribution >= 4 is 44.4 Å². The van der Waals surface area contributed by atoms with Crippen LogP contribution in [0.15, 0.2) is 57.9 Å². The first-order chi connectivity index (χ1) is 21.5. The lowest BCUT2D eigenvalue weighted by atomic mass is 10.0. The predicted molar refractivity (Wildman–Crippen MR) is 169 cm³/mol. The van der Waals surface area contributed by atoms with Crippen molar-refractivity contribution in [3.8, 4) is 17.2 Å². The number of halogens is 1. The molecule has 2 aromatic heterocycles. The van der Waals surface area contributed by atoms with Gasteiger partial charge in [0.25, 0.3) is 5.91 Å². The van der Waals surface area contributed by atoms with Crippen LogP contribution in [0.25, 0.3) is 38.5 Å². The number of pyridine rings is 1. The zero-order valence-electron chi connectivity index (χ0n) is 24.5. The molecule has 5 aromatic rings. The second kappa shape index (κ2) is 10.9. The number of ether oxygens (including phenoxy) is 1. The normalized spacial score (nSPS) is 16.6. The van der Waals surface area contributed by atoms with Crippen LogP contribution in [0.2, 0.25) is 0 Å². The molecule has 5 heterocycles. The number of nitrogens with zero attached hydrogens (tertiary/aromatic N) is 3. The molecule has 2 fully saturated rings. The van der Waals surface area contributed by atoms with Gasteiger partial charge < -0.3 is 34.2 Å². The van der Waals surface area contributed by atoms with E-state index in [1.807, 2.05) is 36.4 Å². The zero-order valence-corrected chi connectivity index (χ0v) is 24.5. The summed E-state index contributed by atoms with van der Waals surface area (Å²) < 4.78 is 30.3. The number of nitrogens with one attached hydrogen (secondary N) is 2. The minimum atomic E-state index is -0.595. The molecule has 3 aliphatic rings. The van der Waals surface area contributed by atoms with Crippen molar-refractivity contribution in [3.05, 3.63) is 70.3 Å². The van der Waals surface area contributed by atoms with E-state index >= 15 is 4.39 Å². The van der Waals surface area contributed by atoms with Crippen LogP contribution in [0.3, 0.4) is 0 Å². The third-order valence-electron chi connectivity index (χ3n) is 9.21. The van der Waals surface area contributed by atoms with Crippen molar-refractivity contribution in [2.24, 2.45) is 0 Å². The number of carbonyl (C=O) groups excluding carboxylic acids is 1. The summed E-state index contributed by atoms with van der Waals surface area (Å²) in [6.45, 7) is 6.56. The Bertz CT molecular complexity index is 1990. The molecule has 0 unspecified atom stereocenters. The number of rotatable bonds is 8. The van der Waals surface area contributed by atoms with Crippen LogP contribution in [-0.4, -0.2) is 72.6 Å². The number of fused-ring (bicyclic) bond motifs is 5. The average molecular weight is 596 g/mol. The second-order valence-electron chi connectivity index (χ2n) is 12.0. The van der Waals surface area contributed by atoms with Gasteiger partial charge in [-0.1, -0.05) is 18.2 Å². The van der Waals surface area contributed by atoms with Crippen molar-refractivity contribution in [1.29, 1.82) is 0 Å². The van der Waals surface area contributed by atoms with Gasteiger partial charge >= 0.3 is 0 Å². The minimum Gasteiger partial charge on any atom is -0.456 e. The van der Waals surface area contributed by atoms with E-state index in [1.165, 1.54) is 18.9 Å². The lowest BCUT2D eigenvalue weighted by Gasteiger charge is -2.26. The van der Waals surface area contributed by atoms with Crippen molar-refractivity contribution in [2.75, 3.05) is 57.7 Å². The topological polar surface area (TPSA) is 92.0 Å². The summed E-state index contributed by atoms with van der Waals surface area (Å²) in [5.74, 6) is -0.357. The number of para-hydroxylation sites is 1. The minimum absolute atomic E-state index is 0.0448. The third kappa shape index (κ3) is 4.60. The molecule has 0 saturated carbocycles. The molecule has 3 aliphatic heterocycles. The fourth-order valence-electron chi connectivity index (χ4n) is 6.94. The molecule has 1 amide bonds. The van der Waals surface area contributed by atoms with Gasteiger partial charge in [-0.3, -0.25) is 9.59 Å². The Morgan fingerprint density at radius 1 is 0.864 bits per heavy atom. The summed E-state index contributed by atoms with van der Waals surface area (Å²) in [6, 6.07) is 12.7. The molecule has 2 saturated heterocycles. The maximum Gasteiger partial charge on any atom is 0.256 e. The van der Waals surface area contributed by atoms with Gasteiger partial charge in [0.2, 0.25) is 5.43 Å². The molecule has 0 radical (unpaired) electrons. The Labute approximate surface area is 253 Å². The van der Waals surface area contributed by atoms with E-state index in [9.17, 15) is 9.59 Å². The molecule has 226 valence electrons. The molecule has 3 aromatic carbocycles. The molecule has 0 aliphatic carbocycles. The van der Waals surface area contributed by atoms with Gasteiger partial charge in [0.1, 0.15) is 27.9 Å². The Balaban J connectivity index is 1.24. The fraction of sp³-hybridized carbons (Fsp3) is 0.353. The number of amides is 1. The van der Waals surface area contributed by atoms with Crippen LogP contribution in [0.5, 0.6) is 11.5 Å². The number of aromatic nitrogens is 1. The highest BCUT2D eigenvalue weighted by Crippen LogP contribution is 2.47. The molecular formula is C34H34FN5O4. The molecule has 2 N–H and O–H groups in total. The van der Waals surface area contributed by atoms with Gasteiger partial charge in [0.05, 0.1) is 11.1 Å². The number of hydrogen-bond donors (Lipinski definition) is 2. The van der Waals surface area contributed by atoms with Crippen LogP contribution in [0.1, 0.15) is 36.0 Å². The summed E-state index contributed by atoms with van der Waals surface area (Å²) in [4.78, 5) is 31.8. The molecule has 8 rings (SSSR count). The van der Waals surface area contributed by atoms with E-state index in [0.717, 1.165) is 68.5 Å². The number of carbonyl (C=O) groups is 1. The van der Waals surface area contributed by atoms with Crippen molar-refractivity contribution < 1.29 is 18.3 Å². The maximum absolute atomic E-state index is 15.9. The summed E-state index contributed by atoms with van der Waals surface area (Å²) in [7, 11) is 0. The van der Waals surface area contributed by atoms with Crippen LogP contribution < -0.4 is 20.8 Å². The van der Waals surface area contributed by atoms with E-state index in [0.29, 0.717) is 35.6 Å². The van der Waals surface area contributed by atoms with Crippen LogP contribution >= 0.6 is 0 Å². The highest BCUT2D eigenvalue weighted by Gasteiger charge is 2.30. The largest absolute Gasteiger partial charge is 0.456 e. The van der Waals surface area contributed by atoms with Crippen LogP contribution in [0, 0.1) is 5.82 Å². The summed E-state index contributed by atoms with van der Waals surface area (Å²) in [6.07, 6.45) is 6.22. The van der Waals surface area contributed by atoms with Gasteiger partial charge in [0, 0.05) is 49.2 Å². The fourth-order valence-corrected chi connectivity index (χ4v) is 6.94. The molecule has 44 heavy (non-hydrogen) atoms. The van der Waals surface area contributed by atoms with E-state index in [2.05, 4.69) is 20.4 Å². The molecule has 10 heteroatoms. The van der Waals surface area contributed by atoms with Gasteiger partial charge in [-0.25, -0.2) is 4.39 Å². The summed E-state index contributed by atoms with van der Waals surface area (Å²) in [5.41, 5.74) is 2.03. The molecule has 0 atom stereocenters. The zero-order chi connectivity index (χ0) is 29.8. The van der Waals surface area contributed by atoms with Gasteiger partial charge in [0.15, 0.2) is 17.3 Å². The van der Waals surface area contributed by atoms with Crippen LogP contribution in [-0.2, 0) is 0 Å². The first kappa shape index (κ1) is 27.2. The Hall–Kier alpha value is -4.41. The van der Waals surface area contributed by atoms with Gasteiger partial charge in [-0.05, 0) is 70.1 Å². The van der Waals surface area contributed by atoms with Crippen molar-refractivity contribution in [2.45, 2.75) is 25.7 Å². The Morgan fingerprint density at radius 3 is 2.36 bits per heavy atom. The molecule has 9 nitrogen and oxygen atoms in total. The maximum atomic E-state index is 15.9. The van der Waals surface area contributed by atoms with E-state index in [4.69, 9.17) is 9.15 Å². The lowest BCUT2D eigenvalue weighted by Crippen LogP contribution is -2.36. The highest BCUT2D eigenvalue weighted by atomic mass is 19.1. The first-order valence-corrected chi connectivity index (χ1v) is 15.6. The Kier molecular flexibility index (Phi) is 6.76. The van der Waals surface area contributed by atoms with E-state index in [-0.39, 0.29) is 22.4 Å². The number of anilines is 1. The summed E-state index contributed by atoms with van der Waals surface area (Å²) in [5, 5.41) is 8.06. The van der Waals surface area contributed by atoms with E-state index in [1.54, 1.807) is 10.8 Å². The third-order valence-corrected chi connectivity index (χ3v) is 9.21. The number of furan rings is 1. The smallest absolute Gasteiger partial charge is 0.256 e. The molecule has 0 spiro atoms. The van der Waals surface area contributed by atoms with E-state index < -0.39 is 17.2 Å². The van der Waals surface area contributed by atoms with Gasteiger partial charge in [-0.2, -0.15) is 0 Å². The lowest BCUT2D eigenvalue weighted by molar-refractivity contribution is 0.0948.